The lowest BCUT2D eigenvalue weighted by molar-refractivity contribution is 0.583. The first-order chi connectivity index (χ1) is 9.52. The first-order valence-electron chi connectivity index (χ1n) is 6.47. The zero-order chi connectivity index (χ0) is 14.7. The van der Waals surface area contributed by atoms with Crippen molar-refractivity contribution in [2.24, 2.45) is 0 Å². The Bertz CT molecular complexity index is 598. The number of halogens is 3. The summed E-state index contributed by atoms with van der Waals surface area (Å²) in [6.07, 6.45) is 1.04. The third-order valence-corrected chi connectivity index (χ3v) is 5.53. The normalized spacial score (nSPS) is 12.7. The fraction of sp³-hybridized carbons (Fsp3) is 0.333. The highest BCUT2D eigenvalue weighted by molar-refractivity contribution is 9.12. The summed E-state index contributed by atoms with van der Waals surface area (Å²) in [5.41, 5.74) is 3.22. The number of thiophene rings is 1. The van der Waals surface area contributed by atoms with Gasteiger partial charge in [0.1, 0.15) is 5.82 Å². The molecule has 0 amide bonds. The minimum atomic E-state index is -0.195. The molecule has 5 heteroatoms. The molecular formula is C15H16Br2FNS. The smallest absolute Gasteiger partial charge is 0.123 e. The SMILES string of the molecule is CCCNC(c1cc(F)ccc1C)c1cc(Br)sc1Br. The maximum atomic E-state index is 13.6. The minimum absolute atomic E-state index is 0.00238. The van der Waals surface area contributed by atoms with Crippen LogP contribution in [-0.4, -0.2) is 6.54 Å². The molecule has 1 aromatic carbocycles. The molecule has 1 nitrogen and oxygen atoms in total. The van der Waals surface area contributed by atoms with Gasteiger partial charge in [0.05, 0.1) is 13.6 Å². The van der Waals surface area contributed by atoms with Gasteiger partial charge in [0, 0.05) is 0 Å². The van der Waals surface area contributed by atoms with Crippen molar-refractivity contribution in [2.45, 2.75) is 26.3 Å². The number of nitrogens with one attached hydrogen (secondary N) is 1. The maximum absolute atomic E-state index is 13.6. The van der Waals surface area contributed by atoms with E-state index >= 15 is 0 Å². The molecule has 2 aromatic rings. The van der Waals surface area contributed by atoms with Gasteiger partial charge in [0.15, 0.2) is 0 Å². The van der Waals surface area contributed by atoms with E-state index in [1.54, 1.807) is 17.4 Å². The lowest BCUT2D eigenvalue weighted by atomic mass is 9.96. The van der Waals surface area contributed by atoms with Gasteiger partial charge < -0.3 is 5.32 Å². The molecule has 0 bridgehead atoms. The summed E-state index contributed by atoms with van der Waals surface area (Å²) in [5, 5.41) is 3.51. The van der Waals surface area contributed by atoms with Crippen molar-refractivity contribution in [3.8, 4) is 0 Å². The van der Waals surface area contributed by atoms with Crippen LogP contribution in [0.25, 0.3) is 0 Å². The molecule has 0 spiro atoms. The predicted molar refractivity (Wildman–Crippen MR) is 91.0 cm³/mol. The third-order valence-electron chi connectivity index (χ3n) is 3.14. The van der Waals surface area contributed by atoms with Crippen LogP contribution < -0.4 is 5.32 Å². The number of benzene rings is 1. The van der Waals surface area contributed by atoms with Crippen molar-refractivity contribution in [2.75, 3.05) is 6.54 Å². The summed E-state index contributed by atoms with van der Waals surface area (Å²) in [5.74, 6) is -0.195. The Morgan fingerprint density at radius 3 is 2.60 bits per heavy atom. The molecule has 0 saturated heterocycles. The molecule has 0 saturated carbocycles. The van der Waals surface area contributed by atoms with Crippen LogP contribution in [0.5, 0.6) is 0 Å². The van der Waals surface area contributed by atoms with E-state index in [4.69, 9.17) is 0 Å². The first kappa shape index (κ1) is 16.1. The molecule has 0 radical (unpaired) electrons. The highest BCUT2D eigenvalue weighted by Crippen LogP contribution is 2.38. The van der Waals surface area contributed by atoms with Crippen LogP contribution in [-0.2, 0) is 0 Å². The Morgan fingerprint density at radius 1 is 1.25 bits per heavy atom. The molecule has 1 atom stereocenters. The second-order valence-corrected chi connectivity index (χ2v) is 8.42. The molecular weight excluding hydrogens is 405 g/mol. The summed E-state index contributed by atoms with van der Waals surface area (Å²) >= 11 is 8.75. The lowest BCUT2D eigenvalue weighted by Crippen LogP contribution is -2.24. The van der Waals surface area contributed by atoms with Crippen molar-refractivity contribution in [3.63, 3.8) is 0 Å². The lowest BCUT2D eigenvalue weighted by Gasteiger charge is -2.21. The van der Waals surface area contributed by atoms with E-state index < -0.39 is 0 Å². The van der Waals surface area contributed by atoms with Gasteiger partial charge in [0.2, 0.25) is 0 Å². The fourth-order valence-electron chi connectivity index (χ4n) is 2.15. The van der Waals surface area contributed by atoms with Crippen LogP contribution in [0.15, 0.2) is 31.8 Å². The number of hydrogen-bond acceptors (Lipinski definition) is 2. The zero-order valence-corrected chi connectivity index (χ0v) is 15.3. The summed E-state index contributed by atoms with van der Waals surface area (Å²) in [6, 6.07) is 7.06. The Morgan fingerprint density at radius 2 is 2.00 bits per heavy atom. The van der Waals surface area contributed by atoms with Gasteiger partial charge in [-0.2, -0.15) is 0 Å². The maximum Gasteiger partial charge on any atom is 0.123 e. The second-order valence-electron chi connectivity index (χ2n) is 4.67. The highest BCUT2D eigenvalue weighted by Gasteiger charge is 2.20. The van der Waals surface area contributed by atoms with E-state index in [0.29, 0.717) is 0 Å². The average molecular weight is 421 g/mol. The predicted octanol–water partition coefficient (Wildman–Crippen LogP) is 5.81. The summed E-state index contributed by atoms with van der Waals surface area (Å²) in [4.78, 5) is 0. The summed E-state index contributed by atoms with van der Waals surface area (Å²) < 4.78 is 15.7. The third kappa shape index (κ3) is 3.70. The van der Waals surface area contributed by atoms with E-state index in [1.807, 2.05) is 13.0 Å². The van der Waals surface area contributed by atoms with Gasteiger partial charge in [-0.25, -0.2) is 4.39 Å². The molecule has 0 aliphatic rings. The Kier molecular flexibility index (Phi) is 5.78. The molecule has 2 rings (SSSR count). The van der Waals surface area contributed by atoms with Crippen LogP contribution in [0.4, 0.5) is 4.39 Å². The van der Waals surface area contributed by atoms with E-state index in [0.717, 1.165) is 37.2 Å². The second kappa shape index (κ2) is 7.16. The molecule has 0 aliphatic heterocycles. The molecule has 1 heterocycles. The van der Waals surface area contributed by atoms with Gasteiger partial charge in [-0.05, 0) is 86.6 Å². The monoisotopic (exact) mass is 419 g/mol. The zero-order valence-electron chi connectivity index (χ0n) is 11.3. The van der Waals surface area contributed by atoms with Crippen LogP contribution in [0.2, 0.25) is 0 Å². The van der Waals surface area contributed by atoms with Gasteiger partial charge in [0.25, 0.3) is 0 Å². The first-order valence-corrected chi connectivity index (χ1v) is 8.87. The number of aryl methyl sites for hydroxylation is 1. The van der Waals surface area contributed by atoms with Gasteiger partial charge in [-0.1, -0.05) is 13.0 Å². The fourth-order valence-corrected chi connectivity index (χ4v) is 5.05. The van der Waals surface area contributed by atoms with E-state index in [-0.39, 0.29) is 11.9 Å². The summed E-state index contributed by atoms with van der Waals surface area (Å²) in [6.45, 7) is 5.03. The molecule has 1 unspecified atom stereocenters. The van der Waals surface area contributed by atoms with E-state index in [2.05, 4.69) is 50.2 Å². The van der Waals surface area contributed by atoms with Gasteiger partial charge in [-0.3, -0.25) is 0 Å². The minimum Gasteiger partial charge on any atom is -0.306 e. The largest absolute Gasteiger partial charge is 0.306 e. The Labute approximate surface area is 139 Å². The van der Waals surface area contributed by atoms with Gasteiger partial charge >= 0.3 is 0 Å². The summed E-state index contributed by atoms with van der Waals surface area (Å²) in [7, 11) is 0. The van der Waals surface area contributed by atoms with Crippen LogP contribution in [0.3, 0.4) is 0 Å². The van der Waals surface area contributed by atoms with Gasteiger partial charge in [-0.15, -0.1) is 11.3 Å². The van der Waals surface area contributed by atoms with E-state index in [1.165, 1.54) is 6.07 Å². The van der Waals surface area contributed by atoms with Crippen molar-refractivity contribution < 1.29 is 4.39 Å². The molecule has 20 heavy (non-hydrogen) atoms. The number of rotatable bonds is 5. The highest BCUT2D eigenvalue weighted by atomic mass is 79.9. The molecule has 1 N–H and O–H groups in total. The molecule has 1 aromatic heterocycles. The van der Waals surface area contributed by atoms with Crippen LogP contribution in [0, 0.1) is 12.7 Å². The van der Waals surface area contributed by atoms with Crippen LogP contribution in [0.1, 0.15) is 36.1 Å². The standard InChI is InChI=1S/C15H16Br2FNS/c1-3-6-19-14(12-8-13(16)20-15(12)17)11-7-10(18)5-4-9(11)2/h4-5,7-8,14,19H,3,6H2,1-2H3. The van der Waals surface area contributed by atoms with Crippen LogP contribution >= 0.6 is 43.2 Å². The van der Waals surface area contributed by atoms with Crippen molar-refractivity contribution >= 4 is 43.2 Å². The average Bonchev–Trinajstić information content (AvgIpc) is 2.73. The Balaban J connectivity index is 2.46. The Hall–Kier alpha value is -0.230. The van der Waals surface area contributed by atoms with Crippen molar-refractivity contribution in [3.05, 3.63) is 54.3 Å². The number of hydrogen-bond donors (Lipinski definition) is 1. The van der Waals surface area contributed by atoms with E-state index in [9.17, 15) is 4.39 Å². The quantitative estimate of drug-likeness (QED) is 0.643. The molecule has 0 aliphatic carbocycles. The topological polar surface area (TPSA) is 12.0 Å². The molecule has 108 valence electrons. The molecule has 0 fully saturated rings. The van der Waals surface area contributed by atoms with Crippen molar-refractivity contribution in [1.82, 2.24) is 5.32 Å². The van der Waals surface area contributed by atoms with Crippen molar-refractivity contribution in [1.29, 1.82) is 0 Å².